The summed E-state index contributed by atoms with van der Waals surface area (Å²) >= 11 is 0. The molecule has 2 nitrogen and oxygen atoms in total. The molecule has 0 radical (unpaired) electrons. The van der Waals surface area contributed by atoms with Gasteiger partial charge in [-0.3, -0.25) is 0 Å². The fourth-order valence-electron chi connectivity index (χ4n) is 0.274. The molecule has 0 aliphatic carbocycles. The molecule has 0 heterocycles. The van der Waals surface area contributed by atoms with E-state index >= 15 is 0 Å². The number of rotatable bonds is 4. The van der Waals surface area contributed by atoms with Gasteiger partial charge < -0.3 is 0 Å². The monoisotopic (exact) mass is 132 g/mol. The minimum absolute atomic E-state index is 0.166. The summed E-state index contributed by atoms with van der Waals surface area (Å²) in [6.07, 6.45) is 1.37. The fraction of sp³-hybridized carbons (Fsp3) is 1.00. The van der Waals surface area contributed by atoms with Gasteiger partial charge in [-0.1, -0.05) is 6.92 Å². The van der Waals surface area contributed by atoms with Crippen molar-refractivity contribution < 1.29 is 9.78 Å². The standard InChI is InChI=1S/C7H16O2/c1-5-7(4)9-8-6(2)3/h6-7H,5H2,1-4H3. The van der Waals surface area contributed by atoms with Crippen LogP contribution >= 0.6 is 0 Å². The van der Waals surface area contributed by atoms with E-state index in [2.05, 4.69) is 6.92 Å². The largest absolute Gasteiger partial charge is 0.234 e. The zero-order valence-corrected chi connectivity index (χ0v) is 6.68. The lowest BCUT2D eigenvalue weighted by atomic mass is 10.3. The van der Waals surface area contributed by atoms with Crippen LogP contribution in [0.3, 0.4) is 0 Å². The third-order valence-electron chi connectivity index (χ3n) is 0.987. The Bertz CT molecular complexity index is 61.9. The van der Waals surface area contributed by atoms with Crippen molar-refractivity contribution in [2.45, 2.75) is 46.3 Å². The zero-order chi connectivity index (χ0) is 7.28. The van der Waals surface area contributed by atoms with Gasteiger partial charge in [0.15, 0.2) is 0 Å². The smallest absolute Gasteiger partial charge is 0.0899 e. The molecule has 0 rings (SSSR count). The average Bonchev–Trinajstić information content (AvgIpc) is 1.83. The van der Waals surface area contributed by atoms with Gasteiger partial charge in [0.1, 0.15) is 0 Å². The molecule has 0 aliphatic heterocycles. The summed E-state index contributed by atoms with van der Waals surface area (Å²) in [5, 5.41) is 0. The van der Waals surface area contributed by atoms with E-state index in [0.29, 0.717) is 0 Å². The van der Waals surface area contributed by atoms with E-state index < -0.39 is 0 Å². The molecule has 0 saturated carbocycles. The van der Waals surface area contributed by atoms with Crippen LogP contribution in [0, 0.1) is 0 Å². The second-order valence-corrected chi connectivity index (χ2v) is 2.46. The lowest BCUT2D eigenvalue weighted by Gasteiger charge is -2.10. The predicted molar refractivity (Wildman–Crippen MR) is 37.1 cm³/mol. The van der Waals surface area contributed by atoms with Gasteiger partial charge in [-0.25, -0.2) is 9.78 Å². The van der Waals surface area contributed by atoms with Gasteiger partial charge in [0.25, 0.3) is 0 Å². The van der Waals surface area contributed by atoms with Gasteiger partial charge in [-0.05, 0) is 27.2 Å². The van der Waals surface area contributed by atoms with E-state index in [4.69, 9.17) is 9.78 Å². The summed E-state index contributed by atoms with van der Waals surface area (Å²) in [4.78, 5) is 9.85. The van der Waals surface area contributed by atoms with Crippen LogP contribution in [0.5, 0.6) is 0 Å². The molecule has 1 atom stereocenters. The van der Waals surface area contributed by atoms with E-state index in [9.17, 15) is 0 Å². The molecule has 0 saturated heterocycles. The van der Waals surface area contributed by atoms with Crippen LogP contribution in [0.2, 0.25) is 0 Å². The van der Waals surface area contributed by atoms with Crippen molar-refractivity contribution in [3.63, 3.8) is 0 Å². The Morgan fingerprint density at radius 2 is 1.67 bits per heavy atom. The highest BCUT2D eigenvalue weighted by Gasteiger charge is 1.99. The first-order valence-corrected chi connectivity index (χ1v) is 3.49. The van der Waals surface area contributed by atoms with Gasteiger partial charge in [-0.15, -0.1) is 0 Å². The minimum Gasteiger partial charge on any atom is -0.234 e. The van der Waals surface area contributed by atoms with Crippen molar-refractivity contribution in [2.75, 3.05) is 0 Å². The highest BCUT2D eigenvalue weighted by Crippen LogP contribution is 1.98. The number of hydrogen-bond donors (Lipinski definition) is 0. The molecular formula is C7H16O2. The van der Waals surface area contributed by atoms with Crippen molar-refractivity contribution in [2.24, 2.45) is 0 Å². The van der Waals surface area contributed by atoms with Gasteiger partial charge in [-0.2, -0.15) is 0 Å². The summed E-state index contributed by atoms with van der Waals surface area (Å²) in [6.45, 7) is 7.95. The van der Waals surface area contributed by atoms with Crippen LogP contribution in [-0.2, 0) is 9.78 Å². The Morgan fingerprint density at radius 1 is 1.11 bits per heavy atom. The van der Waals surface area contributed by atoms with Crippen LogP contribution < -0.4 is 0 Å². The second kappa shape index (κ2) is 4.77. The van der Waals surface area contributed by atoms with Gasteiger partial charge in [0, 0.05) is 0 Å². The molecule has 56 valence electrons. The third-order valence-corrected chi connectivity index (χ3v) is 0.987. The molecule has 0 amide bonds. The molecule has 0 bridgehead atoms. The Hall–Kier alpha value is -0.0800. The minimum atomic E-state index is 0.166. The van der Waals surface area contributed by atoms with Gasteiger partial charge in [0.2, 0.25) is 0 Å². The van der Waals surface area contributed by atoms with Crippen LogP contribution in [0.1, 0.15) is 34.1 Å². The fourth-order valence-corrected chi connectivity index (χ4v) is 0.274. The van der Waals surface area contributed by atoms with E-state index in [1.165, 1.54) is 0 Å². The molecule has 2 heteroatoms. The van der Waals surface area contributed by atoms with E-state index in [0.717, 1.165) is 6.42 Å². The molecule has 0 aromatic heterocycles. The quantitative estimate of drug-likeness (QED) is 0.431. The van der Waals surface area contributed by atoms with Crippen LogP contribution in [0.15, 0.2) is 0 Å². The summed E-state index contributed by atoms with van der Waals surface area (Å²) < 4.78 is 0. The lowest BCUT2D eigenvalue weighted by molar-refractivity contribution is -0.341. The van der Waals surface area contributed by atoms with Crippen molar-refractivity contribution >= 4 is 0 Å². The zero-order valence-electron chi connectivity index (χ0n) is 6.68. The molecular weight excluding hydrogens is 116 g/mol. The predicted octanol–water partition coefficient (Wildman–Crippen LogP) is 2.14. The number of hydrogen-bond acceptors (Lipinski definition) is 2. The molecule has 9 heavy (non-hydrogen) atoms. The van der Waals surface area contributed by atoms with Crippen molar-refractivity contribution in [1.29, 1.82) is 0 Å². The van der Waals surface area contributed by atoms with Crippen molar-refractivity contribution in [3.05, 3.63) is 0 Å². The van der Waals surface area contributed by atoms with Crippen LogP contribution in [0.25, 0.3) is 0 Å². The summed E-state index contributed by atoms with van der Waals surface area (Å²) in [5.41, 5.74) is 0. The Balaban J connectivity index is 3.06. The third kappa shape index (κ3) is 5.80. The van der Waals surface area contributed by atoms with Gasteiger partial charge >= 0.3 is 0 Å². The van der Waals surface area contributed by atoms with E-state index in [1.54, 1.807) is 0 Å². The lowest BCUT2D eigenvalue weighted by Crippen LogP contribution is -2.11. The van der Waals surface area contributed by atoms with E-state index in [-0.39, 0.29) is 12.2 Å². The molecule has 0 N–H and O–H groups in total. The Kier molecular flexibility index (Phi) is 4.72. The Morgan fingerprint density at radius 3 is 2.00 bits per heavy atom. The highest BCUT2D eigenvalue weighted by atomic mass is 17.2. The van der Waals surface area contributed by atoms with Crippen molar-refractivity contribution in [1.82, 2.24) is 0 Å². The van der Waals surface area contributed by atoms with Gasteiger partial charge in [0.05, 0.1) is 12.2 Å². The molecule has 0 aromatic rings. The maximum atomic E-state index is 4.95. The average molecular weight is 132 g/mol. The summed E-state index contributed by atoms with van der Waals surface area (Å²) in [6, 6.07) is 0. The van der Waals surface area contributed by atoms with Crippen LogP contribution in [0.4, 0.5) is 0 Å². The SMILES string of the molecule is CCC(C)OOC(C)C. The maximum absolute atomic E-state index is 4.95. The maximum Gasteiger partial charge on any atom is 0.0899 e. The molecule has 0 aromatic carbocycles. The molecule has 1 unspecified atom stereocenters. The molecule has 0 aliphatic rings. The second-order valence-electron chi connectivity index (χ2n) is 2.46. The topological polar surface area (TPSA) is 18.5 Å². The highest BCUT2D eigenvalue weighted by molar-refractivity contribution is 4.39. The molecule has 0 fully saturated rings. The first kappa shape index (κ1) is 8.92. The van der Waals surface area contributed by atoms with Crippen molar-refractivity contribution in [3.8, 4) is 0 Å². The first-order valence-electron chi connectivity index (χ1n) is 3.49. The Labute approximate surface area is 57.1 Å². The van der Waals surface area contributed by atoms with Crippen LogP contribution in [-0.4, -0.2) is 12.2 Å². The molecule has 0 spiro atoms. The summed E-state index contributed by atoms with van der Waals surface area (Å²) in [5.74, 6) is 0. The normalized spacial score (nSPS) is 14.3. The first-order chi connectivity index (χ1) is 4.16. The van der Waals surface area contributed by atoms with E-state index in [1.807, 2.05) is 20.8 Å². The summed E-state index contributed by atoms with van der Waals surface area (Å²) in [7, 11) is 0.